The third-order valence-corrected chi connectivity index (χ3v) is 2.84. The lowest BCUT2D eigenvalue weighted by Crippen LogP contribution is -2.15. The van der Waals surface area contributed by atoms with Gasteiger partial charge in [-0.2, -0.15) is 10.2 Å². The van der Waals surface area contributed by atoms with E-state index in [0.29, 0.717) is 24.0 Å². The molecule has 0 aromatic carbocycles. The van der Waals surface area contributed by atoms with Crippen LogP contribution in [0, 0.1) is 5.92 Å². The maximum absolute atomic E-state index is 11.1. The molecular weight excluding hydrogens is 292 g/mol. The molecule has 2 aromatic rings. The molecule has 8 heteroatoms. The van der Waals surface area contributed by atoms with E-state index in [1.54, 1.807) is 13.1 Å². The van der Waals surface area contributed by atoms with Crippen molar-refractivity contribution in [3.8, 4) is 0 Å². The first kappa shape index (κ1) is 17.0. The second-order valence-corrected chi connectivity index (χ2v) is 5.22. The summed E-state index contributed by atoms with van der Waals surface area (Å²) in [5.74, 6) is 0.695. The minimum Gasteiger partial charge on any atom is -0.364 e. The van der Waals surface area contributed by atoms with Crippen molar-refractivity contribution >= 4 is 24.1 Å². The van der Waals surface area contributed by atoms with Crippen LogP contribution >= 0.6 is 12.4 Å². The summed E-state index contributed by atoms with van der Waals surface area (Å²) in [7, 11) is 1.69. The Hall–Kier alpha value is -2.02. The smallest absolute Gasteiger partial charge is 0.267 e. The van der Waals surface area contributed by atoms with E-state index < -0.39 is 5.91 Å². The zero-order valence-corrected chi connectivity index (χ0v) is 13.2. The van der Waals surface area contributed by atoms with E-state index in [4.69, 9.17) is 5.73 Å². The van der Waals surface area contributed by atoms with Gasteiger partial charge in [0.2, 0.25) is 0 Å². The fourth-order valence-electron chi connectivity index (χ4n) is 1.95. The van der Waals surface area contributed by atoms with E-state index in [1.807, 2.05) is 17.1 Å². The van der Waals surface area contributed by atoms with Crippen LogP contribution < -0.4 is 11.1 Å². The Kier molecular flexibility index (Phi) is 5.78. The van der Waals surface area contributed by atoms with Gasteiger partial charge in [-0.3, -0.25) is 14.2 Å². The Morgan fingerprint density at radius 2 is 2.19 bits per heavy atom. The first-order valence-corrected chi connectivity index (χ1v) is 6.54. The summed E-state index contributed by atoms with van der Waals surface area (Å²) < 4.78 is 3.39. The lowest BCUT2D eigenvalue weighted by molar-refractivity contribution is 0.0991. The molecule has 0 fully saturated rings. The number of rotatable bonds is 6. The molecule has 2 heterocycles. The number of halogens is 1. The van der Waals surface area contributed by atoms with Gasteiger partial charge >= 0.3 is 0 Å². The van der Waals surface area contributed by atoms with Gasteiger partial charge in [0.25, 0.3) is 5.91 Å². The Morgan fingerprint density at radius 1 is 1.48 bits per heavy atom. The molecule has 0 saturated heterocycles. The molecule has 0 aliphatic carbocycles. The van der Waals surface area contributed by atoms with Crippen LogP contribution in [0.4, 0.5) is 5.82 Å². The van der Waals surface area contributed by atoms with Crippen LogP contribution in [-0.2, 0) is 20.1 Å². The second kappa shape index (κ2) is 7.12. The van der Waals surface area contributed by atoms with Crippen molar-refractivity contribution in [2.75, 3.05) is 5.32 Å². The summed E-state index contributed by atoms with van der Waals surface area (Å²) in [5.41, 5.74) is 6.69. The number of aryl methyl sites for hydroxylation is 1. The predicted octanol–water partition coefficient (Wildman–Crippen LogP) is 1.41. The number of carbonyl (C=O) groups excluding carboxylic acids is 1. The lowest BCUT2D eigenvalue weighted by Gasteiger charge is -2.03. The fraction of sp³-hybridized carbons (Fsp3) is 0.462. The van der Waals surface area contributed by atoms with Crippen molar-refractivity contribution in [2.24, 2.45) is 18.7 Å². The van der Waals surface area contributed by atoms with E-state index in [1.165, 1.54) is 4.68 Å². The minimum atomic E-state index is -0.488. The quantitative estimate of drug-likeness (QED) is 0.843. The van der Waals surface area contributed by atoms with E-state index in [-0.39, 0.29) is 12.4 Å². The highest BCUT2D eigenvalue weighted by Gasteiger charge is 2.09. The van der Waals surface area contributed by atoms with Crippen LogP contribution in [0.5, 0.6) is 0 Å². The summed E-state index contributed by atoms with van der Waals surface area (Å²) in [5, 5.41) is 11.6. The van der Waals surface area contributed by atoms with Crippen LogP contribution in [0.2, 0.25) is 0 Å². The van der Waals surface area contributed by atoms with Gasteiger partial charge in [0, 0.05) is 38.0 Å². The van der Waals surface area contributed by atoms with E-state index >= 15 is 0 Å². The summed E-state index contributed by atoms with van der Waals surface area (Å²) in [4.78, 5) is 11.1. The Bertz CT molecular complexity index is 604. The average molecular weight is 313 g/mol. The van der Waals surface area contributed by atoms with E-state index in [9.17, 15) is 4.79 Å². The maximum Gasteiger partial charge on any atom is 0.267 e. The Labute approximate surface area is 129 Å². The monoisotopic (exact) mass is 312 g/mol. The number of nitrogens with one attached hydrogen (secondary N) is 1. The third kappa shape index (κ3) is 4.49. The van der Waals surface area contributed by atoms with E-state index in [2.05, 4.69) is 29.4 Å². The Morgan fingerprint density at radius 3 is 2.76 bits per heavy atom. The minimum absolute atomic E-state index is 0. The number of carbonyl (C=O) groups is 1. The molecule has 0 aliphatic rings. The number of hydrogen-bond donors (Lipinski definition) is 2. The molecule has 7 nitrogen and oxygen atoms in total. The summed E-state index contributed by atoms with van der Waals surface area (Å²) in [6.45, 7) is 5.81. The highest BCUT2D eigenvalue weighted by molar-refractivity contribution is 5.91. The van der Waals surface area contributed by atoms with Crippen LogP contribution in [0.15, 0.2) is 18.5 Å². The van der Waals surface area contributed by atoms with Gasteiger partial charge in [0.1, 0.15) is 11.5 Å². The number of primary amides is 1. The van der Waals surface area contributed by atoms with Crippen molar-refractivity contribution in [3.63, 3.8) is 0 Å². The van der Waals surface area contributed by atoms with Crippen LogP contribution in [0.1, 0.15) is 29.9 Å². The number of hydrogen-bond acceptors (Lipinski definition) is 4. The van der Waals surface area contributed by atoms with Gasteiger partial charge in [-0.05, 0) is 5.92 Å². The molecular formula is C13H21ClN6O. The SMILES string of the molecule is CC(C)Cn1cc(CNc2cc(C(N)=O)n(C)n2)cn1.Cl. The molecule has 3 N–H and O–H groups in total. The molecule has 0 saturated carbocycles. The average Bonchev–Trinajstić information content (AvgIpc) is 2.92. The molecule has 2 aromatic heterocycles. The first-order valence-electron chi connectivity index (χ1n) is 6.54. The predicted molar refractivity (Wildman–Crippen MR) is 83.4 cm³/mol. The van der Waals surface area contributed by atoms with Gasteiger partial charge in [-0.25, -0.2) is 0 Å². The van der Waals surface area contributed by atoms with E-state index in [0.717, 1.165) is 12.1 Å². The molecule has 0 spiro atoms. The van der Waals surface area contributed by atoms with Gasteiger partial charge in [0.15, 0.2) is 0 Å². The number of amides is 1. The van der Waals surface area contributed by atoms with Gasteiger partial charge in [0.05, 0.1) is 6.20 Å². The highest BCUT2D eigenvalue weighted by atomic mass is 35.5. The molecule has 2 rings (SSSR count). The molecule has 0 unspecified atom stereocenters. The largest absolute Gasteiger partial charge is 0.364 e. The lowest BCUT2D eigenvalue weighted by atomic mass is 10.2. The number of anilines is 1. The van der Waals surface area contributed by atoms with Crippen molar-refractivity contribution < 1.29 is 4.79 Å². The maximum atomic E-state index is 11.1. The first-order chi connectivity index (χ1) is 9.45. The molecule has 116 valence electrons. The molecule has 0 aliphatic heterocycles. The molecule has 0 atom stereocenters. The van der Waals surface area contributed by atoms with Crippen LogP contribution in [0.3, 0.4) is 0 Å². The normalized spacial score (nSPS) is 10.5. The molecule has 21 heavy (non-hydrogen) atoms. The fourth-order valence-corrected chi connectivity index (χ4v) is 1.95. The van der Waals surface area contributed by atoms with Crippen molar-refractivity contribution in [1.29, 1.82) is 0 Å². The topological polar surface area (TPSA) is 90.8 Å². The van der Waals surface area contributed by atoms with Gasteiger partial charge in [-0.1, -0.05) is 13.8 Å². The standard InChI is InChI=1S/C13H20N6O.ClH/c1-9(2)7-19-8-10(6-16-19)5-15-12-4-11(13(14)20)18(3)17-12;/h4,6,8-9H,5,7H2,1-3H3,(H2,14,20)(H,15,17);1H. The van der Waals surface area contributed by atoms with Crippen LogP contribution in [-0.4, -0.2) is 25.5 Å². The van der Waals surface area contributed by atoms with Crippen molar-refractivity contribution in [1.82, 2.24) is 19.6 Å². The molecule has 0 radical (unpaired) electrons. The molecule has 0 bridgehead atoms. The highest BCUT2D eigenvalue weighted by Crippen LogP contribution is 2.10. The Balaban J connectivity index is 0.00000220. The zero-order chi connectivity index (χ0) is 14.7. The second-order valence-electron chi connectivity index (χ2n) is 5.22. The number of nitrogens with zero attached hydrogens (tertiary/aromatic N) is 4. The van der Waals surface area contributed by atoms with Gasteiger partial charge in [-0.15, -0.1) is 12.4 Å². The summed E-state index contributed by atoms with van der Waals surface area (Å²) in [6.07, 6.45) is 3.83. The van der Waals surface area contributed by atoms with Crippen molar-refractivity contribution in [3.05, 3.63) is 29.7 Å². The van der Waals surface area contributed by atoms with Gasteiger partial charge < -0.3 is 11.1 Å². The summed E-state index contributed by atoms with van der Waals surface area (Å²) >= 11 is 0. The number of nitrogens with two attached hydrogens (primary N) is 1. The van der Waals surface area contributed by atoms with Crippen molar-refractivity contribution in [2.45, 2.75) is 26.9 Å². The molecule has 1 amide bonds. The number of aromatic nitrogens is 4. The summed E-state index contributed by atoms with van der Waals surface area (Å²) in [6, 6.07) is 1.64. The third-order valence-electron chi connectivity index (χ3n) is 2.84. The van der Waals surface area contributed by atoms with Crippen LogP contribution in [0.25, 0.3) is 0 Å². The zero-order valence-electron chi connectivity index (χ0n) is 12.4.